The molecule has 1 saturated heterocycles. The zero-order valence-electron chi connectivity index (χ0n) is 13.8. The molecule has 0 unspecified atom stereocenters. The molecule has 1 N–H and O–H groups in total. The number of pyridine rings is 1. The highest BCUT2D eigenvalue weighted by Crippen LogP contribution is 2.21. The number of aryl methyl sites for hydroxylation is 1. The van der Waals surface area contributed by atoms with E-state index in [1.54, 1.807) is 12.3 Å². The normalized spacial score (nSPS) is 19.7. The maximum Gasteiger partial charge on any atom is 0.282 e. The van der Waals surface area contributed by atoms with Crippen LogP contribution in [0.15, 0.2) is 18.3 Å². The van der Waals surface area contributed by atoms with E-state index in [0.717, 1.165) is 29.1 Å². The molecule has 23 heavy (non-hydrogen) atoms. The predicted molar refractivity (Wildman–Crippen MR) is 89.2 cm³/mol. The van der Waals surface area contributed by atoms with Gasteiger partial charge in [0.2, 0.25) is 5.91 Å². The van der Waals surface area contributed by atoms with Gasteiger partial charge in [0, 0.05) is 25.8 Å². The minimum absolute atomic E-state index is 0.0296. The smallest absolute Gasteiger partial charge is 0.282 e. The number of piperidine rings is 1. The minimum Gasteiger partial charge on any atom is -0.310 e. The van der Waals surface area contributed by atoms with Crippen LogP contribution in [-0.4, -0.2) is 54.1 Å². The van der Waals surface area contributed by atoms with Crippen molar-refractivity contribution < 1.29 is 13.2 Å². The lowest BCUT2D eigenvalue weighted by Crippen LogP contribution is -2.50. The molecule has 7 nitrogen and oxygen atoms in total. The number of carbonyl (C=O) groups excluding carboxylic acids is 1. The van der Waals surface area contributed by atoms with Crippen molar-refractivity contribution in [3.05, 3.63) is 23.9 Å². The molecule has 2 rings (SSSR count). The fourth-order valence-electron chi connectivity index (χ4n) is 2.60. The Morgan fingerprint density at radius 2 is 2.17 bits per heavy atom. The van der Waals surface area contributed by atoms with Gasteiger partial charge in [0.1, 0.15) is 5.82 Å². The number of carbonyl (C=O) groups is 1. The fraction of sp³-hybridized carbons (Fsp3) is 0.600. The second-order valence-electron chi connectivity index (χ2n) is 5.99. The number of hydrogen-bond donors (Lipinski definition) is 1. The van der Waals surface area contributed by atoms with Crippen LogP contribution in [0.5, 0.6) is 0 Å². The largest absolute Gasteiger partial charge is 0.310 e. The minimum atomic E-state index is -3.62. The lowest BCUT2D eigenvalue weighted by Gasteiger charge is -2.34. The molecule has 0 aromatic carbocycles. The van der Waals surface area contributed by atoms with Crippen LogP contribution in [0.1, 0.15) is 31.7 Å². The van der Waals surface area contributed by atoms with Crippen LogP contribution in [0.25, 0.3) is 0 Å². The van der Waals surface area contributed by atoms with Crippen LogP contribution < -0.4 is 5.32 Å². The van der Waals surface area contributed by atoms with Crippen molar-refractivity contribution in [1.29, 1.82) is 0 Å². The highest BCUT2D eigenvalue weighted by molar-refractivity contribution is 7.86. The van der Waals surface area contributed by atoms with Gasteiger partial charge in [-0.05, 0) is 38.3 Å². The number of amides is 1. The van der Waals surface area contributed by atoms with Crippen molar-refractivity contribution in [3.8, 4) is 0 Å². The van der Waals surface area contributed by atoms with E-state index in [0.29, 0.717) is 12.4 Å². The third-order valence-electron chi connectivity index (χ3n) is 3.98. The number of likely N-dealkylation sites (N-methyl/N-ethyl adjacent to an activating group) is 1. The molecular weight excluding hydrogens is 316 g/mol. The summed E-state index contributed by atoms with van der Waals surface area (Å²) in [5.41, 5.74) is 0.988. The summed E-state index contributed by atoms with van der Waals surface area (Å²) in [4.78, 5) is 16.1. The van der Waals surface area contributed by atoms with Gasteiger partial charge in [0.25, 0.3) is 10.2 Å². The summed E-state index contributed by atoms with van der Waals surface area (Å²) in [5.74, 6) is 0.00910. The van der Waals surface area contributed by atoms with Gasteiger partial charge in [-0.25, -0.2) is 4.98 Å². The Morgan fingerprint density at radius 1 is 1.43 bits per heavy atom. The van der Waals surface area contributed by atoms with E-state index in [1.807, 2.05) is 19.9 Å². The topological polar surface area (TPSA) is 82.6 Å². The van der Waals surface area contributed by atoms with E-state index >= 15 is 0 Å². The summed E-state index contributed by atoms with van der Waals surface area (Å²) in [5, 5.41) is 2.61. The molecule has 128 valence electrons. The van der Waals surface area contributed by atoms with Crippen molar-refractivity contribution in [2.45, 2.75) is 39.2 Å². The van der Waals surface area contributed by atoms with Gasteiger partial charge < -0.3 is 5.32 Å². The number of hydrogen-bond acceptors (Lipinski definition) is 4. The van der Waals surface area contributed by atoms with Gasteiger partial charge in [0.05, 0.1) is 6.54 Å². The Labute approximate surface area is 137 Å². The summed E-state index contributed by atoms with van der Waals surface area (Å²) in [6, 6.07) is 3.49. The molecule has 1 amide bonds. The standard InChI is InChI=1S/C15H24N4O3S/c1-12-7-8-14(16-10-12)17-15(20)11-18(3)23(21,22)19-9-5-4-6-13(19)2/h7-8,10,13H,4-6,9,11H2,1-3H3,(H,16,17,20)/t13-/m1/s1. The average Bonchev–Trinajstić information content (AvgIpc) is 2.49. The molecule has 0 saturated carbocycles. The third-order valence-corrected chi connectivity index (χ3v) is 6.03. The van der Waals surface area contributed by atoms with Crippen LogP contribution in [0.4, 0.5) is 5.82 Å². The first kappa shape index (κ1) is 17.8. The number of rotatable bonds is 5. The molecule has 8 heteroatoms. The second kappa shape index (κ2) is 7.37. The SMILES string of the molecule is Cc1ccc(NC(=O)CN(C)S(=O)(=O)N2CCCC[C@H]2C)nc1. The monoisotopic (exact) mass is 340 g/mol. The molecule has 1 aliphatic rings. The Morgan fingerprint density at radius 3 is 2.78 bits per heavy atom. The van der Waals surface area contributed by atoms with Gasteiger partial charge in [-0.15, -0.1) is 0 Å². The van der Waals surface area contributed by atoms with E-state index in [4.69, 9.17) is 0 Å². The molecule has 2 heterocycles. The molecule has 1 aromatic heterocycles. The van der Waals surface area contributed by atoms with Crippen molar-refractivity contribution in [1.82, 2.24) is 13.6 Å². The van der Waals surface area contributed by atoms with Gasteiger partial charge in [-0.2, -0.15) is 17.0 Å². The molecule has 1 atom stereocenters. The van der Waals surface area contributed by atoms with Crippen molar-refractivity contribution in [2.75, 3.05) is 25.5 Å². The summed E-state index contributed by atoms with van der Waals surface area (Å²) in [6.45, 7) is 4.08. The number of anilines is 1. The van der Waals surface area contributed by atoms with Crippen molar-refractivity contribution >= 4 is 21.9 Å². The molecule has 0 aliphatic carbocycles. The summed E-state index contributed by atoms with van der Waals surface area (Å²) < 4.78 is 27.7. The van der Waals surface area contributed by atoms with E-state index in [-0.39, 0.29) is 12.6 Å². The van der Waals surface area contributed by atoms with Gasteiger partial charge >= 0.3 is 0 Å². The van der Waals surface area contributed by atoms with Crippen molar-refractivity contribution in [3.63, 3.8) is 0 Å². The number of nitrogens with one attached hydrogen (secondary N) is 1. The van der Waals surface area contributed by atoms with Gasteiger partial charge in [0.15, 0.2) is 0 Å². The lowest BCUT2D eigenvalue weighted by molar-refractivity contribution is -0.116. The Balaban J connectivity index is 1.98. The fourth-order valence-corrected chi connectivity index (χ4v) is 4.16. The second-order valence-corrected chi connectivity index (χ2v) is 7.98. The van der Waals surface area contributed by atoms with Crippen LogP contribution in [-0.2, 0) is 15.0 Å². The first-order chi connectivity index (χ1) is 10.8. The first-order valence-electron chi connectivity index (χ1n) is 7.76. The van der Waals surface area contributed by atoms with Crippen LogP contribution in [0.3, 0.4) is 0 Å². The number of nitrogens with zero attached hydrogens (tertiary/aromatic N) is 3. The molecule has 1 aliphatic heterocycles. The zero-order chi connectivity index (χ0) is 17.0. The Hall–Kier alpha value is -1.51. The summed E-state index contributed by atoms with van der Waals surface area (Å²) in [7, 11) is -2.19. The molecule has 1 aromatic rings. The zero-order valence-corrected chi connectivity index (χ0v) is 14.6. The predicted octanol–water partition coefficient (Wildman–Crippen LogP) is 1.38. The molecule has 0 spiro atoms. The van der Waals surface area contributed by atoms with E-state index < -0.39 is 16.1 Å². The van der Waals surface area contributed by atoms with Crippen molar-refractivity contribution in [2.24, 2.45) is 0 Å². The number of aromatic nitrogens is 1. The van der Waals surface area contributed by atoms with Gasteiger partial charge in [-0.1, -0.05) is 12.5 Å². The quantitative estimate of drug-likeness (QED) is 0.878. The maximum absolute atomic E-state index is 12.6. The summed E-state index contributed by atoms with van der Waals surface area (Å²) >= 11 is 0. The molecule has 1 fully saturated rings. The molecule has 0 bridgehead atoms. The molecule has 0 radical (unpaired) electrons. The van der Waals surface area contributed by atoms with E-state index in [1.165, 1.54) is 11.4 Å². The van der Waals surface area contributed by atoms with E-state index in [2.05, 4.69) is 10.3 Å². The Kier molecular flexibility index (Phi) is 5.72. The highest BCUT2D eigenvalue weighted by Gasteiger charge is 2.33. The average molecular weight is 340 g/mol. The highest BCUT2D eigenvalue weighted by atomic mass is 32.2. The van der Waals surface area contributed by atoms with Crippen LogP contribution >= 0.6 is 0 Å². The first-order valence-corrected chi connectivity index (χ1v) is 9.16. The Bertz CT molecular complexity index is 645. The van der Waals surface area contributed by atoms with Gasteiger partial charge in [-0.3, -0.25) is 4.79 Å². The molecular formula is C15H24N4O3S. The maximum atomic E-state index is 12.6. The van der Waals surface area contributed by atoms with E-state index in [9.17, 15) is 13.2 Å². The third kappa shape index (κ3) is 4.49. The lowest BCUT2D eigenvalue weighted by atomic mass is 10.1. The summed E-state index contributed by atoms with van der Waals surface area (Å²) in [6.07, 6.45) is 4.39. The van der Waals surface area contributed by atoms with Crippen LogP contribution in [0.2, 0.25) is 0 Å². The van der Waals surface area contributed by atoms with Crippen LogP contribution in [0, 0.1) is 6.92 Å².